The number of sulfonamides is 1. The minimum Gasteiger partial charge on any atom is -0.370 e. The molecule has 0 amide bonds. The molecule has 1 fully saturated rings. The number of nitrogens with two attached hydrogens (primary N) is 1. The molecule has 6 heteroatoms. The third kappa shape index (κ3) is 4.43. The number of nitrogens with one attached hydrogen (secondary N) is 1. The first-order valence-electron chi connectivity index (χ1n) is 7.48. The monoisotopic (exact) mass is 311 g/mol. The fourth-order valence-electron chi connectivity index (χ4n) is 2.81. The number of hydrogen-bond acceptors (Lipinski definition) is 4. The maximum atomic E-state index is 11.7. The van der Waals surface area contributed by atoms with Gasteiger partial charge in [0, 0.05) is 19.1 Å². The van der Waals surface area contributed by atoms with E-state index in [1.165, 1.54) is 6.42 Å². The van der Waals surface area contributed by atoms with Crippen LogP contribution in [-0.4, -0.2) is 34.1 Å². The van der Waals surface area contributed by atoms with Crippen LogP contribution < -0.4 is 15.4 Å². The molecule has 1 atom stereocenters. The highest BCUT2D eigenvalue weighted by Crippen LogP contribution is 2.28. The summed E-state index contributed by atoms with van der Waals surface area (Å²) in [6, 6.07) is 7.47. The van der Waals surface area contributed by atoms with Gasteiger partial charge in [-0.3, -0.25) is 0 Å². The van der Waals surface area contributed by atoms with E-state index >= 15 is 0 Å². The van der Waals surface area contributed by atoms with E-state index in [1.54, 1.807) is 12.1 Å². The molecule has 1 unspecified atom stereocenters. The topological polar surface area (TPSA) is 75.4 Å². The minimum atomic E-state index is -3.68. The zero-order valence-corrected chi connectivity index (χ0v) is 13.6. The van der Waals surface area contributed by atoms with Gasteiger partial charge in [-0.25, -0.2) is 13.6 Å². The van der Waals surface area contributed by atoms with Crippen LogP contribution in [0, 0.1) is 5.92 Å². The van der Waals surface area contributed by atoms with Gasteiger partial charge in [0.15, 0.2) is 0 Å². The lowest BCUT2D eigenvalue weighted by molar-refractivity contribution is 0.378. The second kappa shape index (κ2) is 6.77. The normalized spacial score (nSPS) is 20.0. The number of nitrogens with zero attached hydrogens (tertiary/aromatic N) is 1. The number of piperidine rings is 1. The number of benzene rings is 1. The summed E-state index contributed by atoms with van der Waals surface area (Å²) < 4.78 is 23.5. The van der Waals surface area contributed by atoms with Gasteiger partial charge in [0.1, 0.15) is 4.90 Å². The van der Waals surface area contributed by atoms with Crippen molar-refractivity contribution >= 4 is 15.7 Å². The van der Waals surface area contributed by atoms with Crippen LogP contribution in [0.25, 0.3) is 0 Å². The average Bonchev–Trinajstić information content (AvgIpc) is 2.44. The smallest absolute Gasteiger partial charge is 0.240 e. The lowest BCUT2D eigenvalue weighted by Gasteiger charge is -2.35. The molecule has 2 rings (SSSR count). The standard InChI is InChI=1S/C15H25N3O2S/c1-12(2)17-10-13-6-5-9-18(11-13)14-7-3-4-8-15(14)21(16,19)20/h3-4,7-8,12-13,17H,5-6,9-11H2,1-2H3,(H2,16,19,20). The molecule has 0 bridgehead atoms. The predicted octanol–water partition coefficient (Wildman–Crippen LogP) is 1.55. The molecule has 1 aromatic rings. The summed E-state index contributed by atoms with van der Waals surface area (Å²) in [5.41, 5.74) is 0.731. The van der Waals surface area contributed by atoms with E-state index in [0.29, 0.717) is 12.0 Å². The highest BCUT2D eigenvalue weighted by molar-refractivity contribution is 7.89. The van der Waals surface area contributed by atoms with Gasteiger partial charge in [-0.1, -0.05) is 26.0 Å². The summed E-state index contributed by atoms with van der Waals surface area (Å²) in [6.45, 7) is 6.98. The highest BCUT2D eigenvalue weighted by Gasteiger charge is 2.24. The molecule has 118 valence electrons. The molecule has 0 aromatic heterocycles. The Morgan fingerprint density at radius 3 is 2.76 bits per heavy atom. The van der Waals surface area contributed by atoms with Crippen LogP contribution in [0.5, 0.6) is 0 Å². The van der Waals surface area contributed by atoms with E-state index in [2.05, 4.69) is 24.1 Å². The third-order valence-electron chi connectivity index (χ3n) is 3.85. The Morgan fingerprint density at radius 1 is 1.38 bits per heavy atom. The van der Waals surface area contributed by atoms with Crippen LogP contribution in [0.4, 0.5) is 5.69 Å². The van der Waals surface area contributed by atoms with E-state index in [0.717, 1.165) is 31.7 Å². The second-order valence-corrected chi connectivity index (χ2v) is 7.56. The lowest BCUT2D eigenvalue weighted by atomic mass is 9.97. The molecular weight excluding hydrogens is 286 g/mol. The summed E-state index contributed by atoms with van der Waals surface area (Å²) in [7, 11) is -3.68. The number of hydrogen-bond donors (Lipinski definition) is 2. The molecule has 3 N–H and O–H groups in total. The molecule has 5 nitrogen and oxygen atoms in total. The number of para-hydroxylation sites is 1. The second-order valence-electron chi connectivity index (χ2n) is 6.03. The third-order valence-corrected chi connectivity index (χ3v) is 4.80. The zero-order chi connectivity index (χ0) is 15.5. The Kier molecular flexibility index (Phi) is 5.24. The Bertz CT molecular complexity index is 572. The largest absolute Gasteiger partial charge is 0.370 e. The molecular formula is C15H25N3O2S. The number of rotatable bonds is 5. The van der Waals surface area contributed by atoms with Gasteiger partial charge in [0.2, 0.25) is 10.0 Å². The first kappa shape index (κ1) is 16.3. The summed E-state index contributed by atoms with van der Waals surface area (Å²) in [5.74, 6) is 0.537. The maximum Gasteiger partial charge on any atom is 0.240 e. The van der Waals surface area contributed by atoms with Gasteiger partial charge in [0.25, 0.3) is 0 Å². The number of primary sulfonamides is 1. The van der Waals surface area contributed by atoms with Gasteiger partial charge in [0.05, 0.1) is 5.69 Å². The molecule has 0 aliphatic carbocycles. The van der Waals surface area contributed by atoms with Gasteiger partial charge < -0.3 is 10.2 Å². The molecule has 21 heavy (non-hydrogen) atoms. The quantitative estimate of drug-likeness (QED) is 0.865. The van der Waals surface area contributed by atoms with E-state index in [-0.39, 0.29) is 4.90 Å². The Hall–Kier alpha value is -1.11. The average molecular weight is 311 g/mol. The molecule has 1 aliphatic rings. The summed E-state index contributed by atoms with van der Waals surface area (Å²) in [4.78, 5) is 2.37. The van der Waals surface area contributed by atoms with E-state index in [9.17, 15) is 8.42 Å². The Balaban J connectivity index is 2.15. The van der Waals surface area contributed by atoms with Crippen molar-refractivity contribution in [1.82, 2.24) is 5.32 Å². The van der Waals surface area contributed by atoms with Crippen molar-refractivity contribution in [3.63, 3.8) is 0 Å². The van der Waals surface area contributed by atoms with Gasteiger partial charge in [-0.05, 0) is 37.4 Å². The SMILES string of the molecule is CC(C)NCC1CCCN(c2ccccc2S(N)(=O)=O)C1. The minimum absolute atomic E-state index is 0.225. The maximum absolute atomic E-state index is 11.7. The molecule has 1 saturated heterocycles. The van der Waals surface area contributed by atoms with Crippen LogP contribution in [-0.2, 0) is 10.0 Å². The van der Waals surface area contributed by atoms with Crippen molar-refractivity contribution in [2.45, 2.75) is 37.6 Å². The lowest BCUT2D eigenvalue weighted by Crippen LogP contribution is -2.41. The number of anilines is 1. The Morgan fingerprint density at radius 2 is 2.10 bits per heavy atom. The molecule has 1 heterocycles. The molecule has 1 aliphatic heterocycles. The van der Waals surface area contributed by atoms with E-state index in [1.807, 2.05) is 12.1 Å². The summed E-state index contributed by atoms with van der Waals surface area (Å²) in [5, 5.41) is 8.79. The van der Waals surface area contributed by atoms with Crippen molar-refractivity contribution in [2.75, 3.05) is 24.5 Å². The molecule has 0 radical (unpaired) electrons. The fourth-order valence-corrected chi connectivity index (χ4v) is 3.57. The van der Waals surface area contributed by atoms with Crippen molar-refractivity contribution < 1.29 is 8.42 Å². The molecule has 1 aromatic carbocycles. The highest BCUT2D eigenvalue weighted by atomic mass is 32.2. The van der Waals surface area contributed by atoms with Crippen LogP contribution >= 0.6 is 0 Å². The van der Waals surface area contributed by atoms with Crippen molar-refractivity contribution in [3.8, 4) is 0 Å². The van der Waals surface area contributed by atoms with E-state index in [4.69, 9.17) is 5.14 Å². The molecule has 0 saturated carbocycles. The van der Waals surface area contributed by atoms with Gasteiger partial charge in [-0.2, -0.15) is 0 Å². The van der Waals surface area contributed by atoms with Crippen LogP contribution in [0.2, 0.25) is 0 Å². The first-order chi connectivity index (χ1) is 9.88. The van der Waals surface area contributed by atoms with Gasteiger partial charge in [-0.15, -0.1) is 0 Å². The van der Waals surface area contributed by atoms with Crippen molar-refractivity contribution in [1.29, 1.82) is 0 Å². The summed E-state index contributed by atoms with van der Waals surface area (Å²) in [6.07, 6.45) is 2.25. The van der Waals surface area contributed by atoms with Crippen LogP contribution in [0.15, 0.2) is 29.2 Å². The molecule has 0 spiro atoms. The summed E-state index contributed by atoms with van der Waals surface area (Å²) >= 11 is 0. The fraction of sp³-hybridized carbons (Fsp3) is 0.600. The predicted molar refractivity (Wildman–Crippen MR) is 85.9 cm³/mol. The van der Waals surface area contributed by atoms with E-state index < -0.39 is 10.0 Å². The van der Waals surface area contributed by atoms with Crippen molar-refractivity contribution in [2.24, 2.45) is 11.1 Å². The zero-order valence-electron chi connectivity index (χ0n) is 12.7. The van der Waals surface area contributed by atoms with Crippen LogP contribution in [0.3, 0.4) is 0 Å². The van der Waals surface area contributed by atoms with Crippen molar-refractivity contribution in [3.05, 3.63) is 24.3 Å². The van der Waals surface area contributed by atoms with Gasteiger partial charge >= 0.3 is 0 Å². The Labute approximate surface area is 127 Å². The first-order valence-corrected chi connectivity index (χ1v) is 9.02. The van der Waals surface area contributed by atoms with Crippen LogP contribution in [0.1, 0.15) is 26.7 Å².